The van der Waals surface area contributed by atoms with E-state index in [1.54, 1.807) is 0 Å². The summed E-state index contributed by atoms with van der Waals surface area (Å²) in [6.07, 6.45) is 6.41. The third-order valence-corrected chi connectivity index (χ3v) is 3.76. The summed E-state index contributed by atoms with van der Waals surface area (Å²) >= 11 is 0. The molecule has 3 rings (SSSR count). The molecule has 0 spiro atoms. The number of hydrogen-bond donors (Lipinski definition) is 1. The molecule has 3 nitrogen and oxygen atoms in total. The predicted molar refractivity (Wildman–Crippen MR) is 55.4 cm³/mol. The maximum absolute atomic E-state index is 5.83. The van der Waals surface area contributed by atoms with Crippen LogP contribution in [0.5, 0.6) is 0 Å². The Balaban J connectivity index is 1.53. The van der Waals surface area contributed by atoms with Crippen molar-refractivity contribution in [3.8, 4) is 0 Å². The van der Waals surface area contributed by atoms with Crippen molar-refractivity contribution in [2.45, 2.75) is 43.9 Å². The minimum absolute atomic E-state index is 0.551. The zero-order valence-corrected chi connectivity index (χ0v) is 8.74. The van der Waals surface area contributed by atoms with Crippen molar-refractivity contribution in [2.24, 2.45) is 0 Å². The van der Waals surface area contributed by atoms with E-state index in [0.717, 1.165) is 6.04 Å². The second-order valence-corrected chi connectivity index (χ2v) is 4.97. The third-order valence-electron chi connectivity index (χ3n) is 3.76. The lowest BCUT2D eigenvalue weighted by molar-refractivity contribution is -0.0401. The number of fused-ring (bicyclic) bond motifs is 2. The molecule has 0 aromatic heterocycles. The van der Waals surface area contributed by atoms with Gasteiger partial charge in [-0.3, -0.25) is 4.90 Å². The highest BCUT2D eigenvalue weighted by Gasteiger charge is 2.34. The van der Waals surface area contributed by atoms with Gasteiger partial charge in [-0.05, 0) is 32.2 Å². The summed E-state index contributed by atoms with van der Waals surface area (Å²) in [5.41, 5.74) is 0. The summed E-state index contributed by atoms with van der Waals surface area (Å²) in [6, 6.07) is 0.757. The van der Waals surface area contributed by atoms with E-state index in [1.165, 1.54) is 51.9 Å². The van der Waals surface area contributed by atoms with Crippen LogP contribution >= 0.6 is 0 Å². The van der Waals surface area contributed by atoms with Gasteiger partial charge in [0, 0.05) is 25.7 Å². The molecule has 0 aromatic rings. The molecule has 0 amide bonds. The smallest absolute Gasteiger partial charge is 0.0707 e. The lowest BCUT2D eigenvalue weighted by Gasteiger charge is -2.33. The highest BCUT2D eigenvalue weighted by Crippen LogP contribution is 2.26. The molecule has 3 heterocycles. The highest BCUT2D eigenvalue weighted by molar-refractivity contribution is 4.87. The van der Waals surface area contributed by atoms with Crippen LogP contribution in [0.1, 0.15) is 25.7 Å². The Morgan fingerprint density at radius 2 is 1.93 bits per heavy atom. The Kier molecular flexibility index (Phi) is 2.48. The van der Waals surface area contributed by atoms with E-state index < -0.39 is 0 Å². The van der Waals surface area contributed by atoms with E-state index in [4.69, 9.17) is 4.74 Å². The molecular weight excluding hydrogens is 176 g/mol. The fourth-order valence-electron chi connectivity index (χ4n) is 3.07. The Bertz CT molecular complexity index is 191. The van der Waals surface area contributed by atoms with E-state index in [1.807, 2.05) is 0 Å². The maximum atomic E-state index is 5.83. The molecular formula is C11H20N2O. The second-order valence-electron chi connectivity index (χ2n) is 4.97. The van der Waals surface area contributed by atoms with Crippen molar-refractivity contribution in [2.75, 3.05) is 26.2 Å². The average molecular weight is 196 g/mol. The number of nitrogens with one attached hydrogen (secondary N) is 1. The van der Waals surface area contributed by atoms with Crippen LogP contribution in [-0.2, 0) is 4.74 Å². The van der Waals surface area contributed by atoms with Gasteiger partial charge in [0.15, 0.2) is 0 Å². The van der Waals surface area contributed by atoms with E-state index in [0.29, 0.717) is 12.2 Å². The van der Waals surface area contributed by atoms with Gasteiger partial charge in [0.05, 0.1) is 12.2 Å². The molecule has 3 atom stereocenters. The van der Waals surface area contributed by atoms with Crippen LogP contribution in [0, 0.1) is 0 Å². The largest absolute Gasteiger partial charge is 0.372 e. The molecule has 3 saturated heterocycles. The summed E-state index contributed by atoms with van der Waals surface area (Å²) < 4.78 is 5.83. The van der Waals surface area contributed by atoms with Crippen LogP contribution < -0.4 is 5.32 Å². The molecule has 3 heteroatoms. The van der Waals surface area contributed by atoms with Crippen molar-refractivity contribution < 1.29 is 4.74 Å². The van der Waals surface area contributed by atoms with Crippen molar-refractivity contribution in [3.05, 3.63) is 0 Å². The first-order chi connectivity index (χ1) is 6.90. The van der Waals surface area contributed by atoms with Crippen molar-refractivity contribution >= 4 is 0 Å². The van der Waals surface area contributed by atoms with Gasteiger partial charge in [0.25, 0.3) is 0 Å². The number of hydrogen-bond acceptors (Lipinski definition) is 3. The van der Waals surface area contributed by atoms with Crippen LogP contribution in [-0.4, -0.2) is 49.3 Å². The summed E-state index contributed by atoms with van der Waals surface area (Å²) in [6.45, 7) is 4.82. The molecule has 2 bridgehead atoms. The lowest BCUT2D eigenvalue weighted by Crippen LogP contribution is -2.47. The summed E-state index contributed by atoms with van der Waals surface area (Å²) in [5.74, 6) is 0. The molecule has 3 aliphatic rings. The number of ether oxygens (including phenoxy) is 1. The summed E-state index contributed by atoms with van der Waals surface area (Å²) in [4.78, 5) is 2.61. The van der Waals surface area contributed by atoms with Crippen LogP contribution in [0.25, 0.3) is 0 Å². The Labute approximate surface area is 85.8 Å². The van der Waals surface area contributed by atoms with E-state index >= 15 is 0 Å². The first kappa shape index (κ1) is 9.13. The zero-order chi connectivity index (χ0) is 9.38. The first-order valence-corrected chi connectivity index (χ1v) is 6.01. The quantitative estimate of drug-likeness (QED) is 0.700. The number of likely N-dealkylation sites (tertiary alicyclic amines) is 1. The first-order valence-electron chi connectivity index (χ1n) is 6.01. The fraction of sp³-hybridized carbons (Fsp3) is 1.00. The van der Waals surface area contributed by atoms with Gasteiger partial charge >= 0.3 is 0 Å². The number of rotatable bonds is 2. The standard InChI is InChI=1S/C11H20N2O/c1-2-9(12-5-1)6-13-7-10-3-4-11(8-13)14-10/h9-12H,1-8H2. The van der Waals surface area contributed by atoms with Crippen molar-refractivity contribution in [1.29, 1.82) is 0 Å². The summed E-state index contributed by atoms with van der Waals surface area (Å²) in [7, 11) is 0. The Hall–Kier alpha value is -0.120. The zero-order valence-electron chi connectivity index (χ0n) is 8.74. The van der Waals surface area contributed by atoms with E-state index in [-0.39, 0.29) is 0 Å². The molecule has 0 radical (unpaired) electrons. The predicted octanol–water partition coefficient (Wildman–Crippen LogP) is 0.602. The molecule has 14 heavy (non-hydrogen) atoms. The Morgan fingerprint density at radius 3 is 2.57 bits per heavy atom. The SMILES string of the molecule is C1CNC(CN2CC3CCC(C2)O3)C1. The van der Waals surface area contributed by atoms with Gasteiger partial charge < -0.3 is 10.1 Å². The maximum Gasteiger partial charge on any atom is 0.0707 e. The van der Waals surface area contributed by atoms with Crippen molar-refractivity contribution in [3.63, 3.8) is 0 Å². The Morgan fingerprint density at radius 1 is 1.14 bits per heavy atom. The van der Waals surface area contributed by atoms with Crippen LogP contribution in [0.2, 0.25) is 0 Å². The van der Waals surface area contributed by atoms with Crippen LogP contribution in [0.4, 0.5) is 0 Å². The minimum Gasteiger partial charge on any atom is -0.372 e. The number of nitrogens with zero attached hydrogens (tertiary/aromatic N) is 1. The van der Waals surface area contributed by atoms with Gasteiger partial charge in [0.2, 0.25) is 0 Å². The lowest BCUT2D eigenvalue weighted by atomic mass is 10.2. The molecule has 3 unspecified atom stereocenters. The topological polar surface area (TPSA) is 24.5 Å². The normalized spacial score (nSPS) is 43.3. The highest BCUT2D eigenvalue weighted by atomic mass is 16.5. The van der Waals surface area contributed by atoms with E-state index in [2.05, 4.69) is 10.2 Å². The van der Waals surface area contributed by atoms with Gasteiger partial charge in [-0.25, -0.2) is 0 Å². The van der Waals surface area contributed by atoms with Crippen molar-refractivity contribution in [1.82, 2.24) is 10.2 Å². The van der Waals surface area contributed by atoms with Gasteiger partial charge in [0.1, 0.15) is 0 Å². The second kappa shape index (κ2) is 3.80. The number of morpholine rings is 1. The van der Waals surface area contributed by atoms with Gasteiger partial charge in [-0.2, -0.15) is 0 Å². The third kappa shape index (κ3) is 1.81. The minimum atomic E-state index is 0.551. The molecule has 3 aliphatic heterocycles. The molecule has 0 aliphatic carbocycles. The molecule has 0 saturated carbocycles. The van der Waals surface area contributed by atoms with Gasteiger partial charge in [-0.15, -0.1) is 0 Å². The molecule has 0 aromatic carbocycles. The molecule has 1 N–H and O–H groups in total. The molecule has 80 valence electrons. The van der Waals surface area contributed by atoms with Crippen LogP contribution in [0.3, 0.4) is 0 Å². The summed E-state index contributed by atoms with van der Waals surface area (Å²) in [5, 5.41) is 3.57. The van der Waals surface area contributed by atoms with E-state index in [9.17, 15) is 0 Å². The monoisotopic (exact) mass is 196 g/mol. The van der Waals surface area contributed by atoms with Crippen LogP contribution in [0.15, 0.2) is 0 Å². The van der Waals surface area contributed by atoms with Gasteiger partial charge in [-0.1, -0.05) is 0 Å². The molecule has 3 fully saturated rings. The fourth-order valence-corrected chi connectivity index (χ4v) is 3.07. The average Bonchev–Trinajstić information content (AvgIpc) is 2.77.